The van der Waals surface area contributed by atoms with Crippen molar-refractivity contribution in [2.45, 2.75) is 26.8 Å². The summed E-state index contributed by atoms with van der Waals surface area (Å²) in [5.41, 5.74) is 3.31. The molecule has 0 bridgehead atoms. The molecule has 2 nitrogen and oxygen atoms in total. The van der Waals surface area contributed by atoms with Gasteiger partial charge < -0.3 is 8.85 Å². The van der Waals surface area contributed by atoms with Crippen LogP contribution in [0, 0.1) is 0 Å². The fraction of sp³-hybridized carbons (Fsp3) is 0.300. The van der Waals surface area contributed by atoms with Gasteiger partial charge in [-0.3, -0.25) is 0 Å². The van der Waals surface area contributed by atoms with E-state index < -0.39 is 8.56 Å². The van der Waals surface area contributed by atoms with Crippen molar-refractivity contribution < 1.29 is 8.85 Å². The second-order valence-electron chi connectivity index (χ2n) is 5.39. The Morgan fingerprint density at radius 3 is 1.83 bits per heavy atom. The second-order valence-corrected chi connectivity index (χ2v) is 8.76. The van der Waals surface area contributed by atoms with E-state index in [4.69, 9.17) is 8.85 Å². The molecule has 0 N–H and O–H groups in total. The summed E-state index contributed by atoms with van der Waals surface area (Å²) in [6.07, 6.45) is 0. The summed E-state index contributed by atoms with van der Waals surface area (Å²) in [4.78, 5) is 0. The summed E-state index contributed by atoms with van der Waals surface area (Å²) in [5.74, 6) is 0. The first-order chi connectivity index (χ1) is 11.2. The smallest absolute Gasteiger partial charge is 0.372 e. The van der Waals surface area contributed by atoms with Crippen molar-refractivity contribution in [3.63, 3.8) is 0 Å². The molecule has 0 unspecified atom stereocenters. The van der Waals surface area contributed by atoms with E-state index in [-0.39, 0.29) is 0 Å². The van der Waals surface area contributed by atoms with Gasteiger partial charge in [0.1, 0.15) is 0 Å². The Kier molecular flexibility index (Phi) is 6.34. The van der Waals surface area contributed by atoms with Crippen molar-refractivity contribution in [2.75, 3.05) is 13.2 Å². The van der Waals surface area contributed by atoms with Crippen molar-refractivity contribution in [2.24, 2.45) is 0 Å². The molecule has 0 spiro atoms. The first-order valence-electron chi connectivity index (χ1n) is 8.30. The van der Waals surface area contributed by atoms with E-state index in [1.54, 1.807) is 0 Å². The van der Waals surface area contributed by atoms with Crippen molar-refractivity contribution in [3.05, 3.63) is 72.3 Å². The summed E-state index contributed by atoms with van der Waals surface area (Å²) < 4.78 is 12.2. The van der Waals surface area contributed by atoms with Crippen LogP contribution in [0.4, 0.5) is 0 Å². The molecule has 0 aromatic heterocycles. The van der Waals surface area contributed by atoms with Gasteiger partial charge in [-0.1, -0.05) is 68.1 Å². The highest BCUT2D eigenvalue weighted by atomic mass is 28.4. The van der Waals surface area contributed by atoms with Gasteiger partial charge in [0.2, 0.25) is 0 Å². The highest BCUT2D eigenvalue weighted by Gasteiger charge is 2.37. The largest absolute Gasteiger partial charge is 0.391 e. The van der Waals surface area contributed by atoms with E-state index in [1.807, 2.05) is 32.0 Å². The molecule has 0 aliphatic heterocycles. The third-order valence-electron chi connectivity index (χ3n) is 4.02. The van der Waals surface area contributed by atoms with Crippen LogP contribution in [0.15, 0.2) is 61.2 Å². The van der Waals surface area contributed by atoms with Crippen LogP contribution in [0.1, 0.15) is 31.9 Å². The lowest BCUT2D eigenvalue weighted by atomic mass is 10.00. The highest BCUT2D eigenvalue weighted by Crippen LogP contribution is 2.22. The van der Waals surface area contributed by atoms with E-state index in [9.17, 15) is 0 Å². The van der Waals surface area contributed by atoms with Crippen LogP contribution in [-0.4, -0.2) is 21.8 Å². The minimum Gasteiger partial charge on any atom is -0.391 e. The maximum Gasteiger partial charge on any atom is 0.372 e. The summed E-state index contributed by atoms with van der Waals surface area (Å²) in [5, 5.41) is 1.19. The lowest BCUT2D eigenvalue weighted by Crippen LogP contribution is -2.53. The van der Waals surface area contributed by atoms with Gasteiger partial charge in [-0.15, -0.1) is 0 Å². The average Bonchev–Trinajstić information content (AvgIpc) is 2.61. The zero-order valence-corrected chi connectivity index (χ0v) is 15.3. The van der Waals surface area contributed by atoms with E-state index in [0.29, 0.717) is 13.2 Å². The molecule has 0 radical (unpaired) electrons. The Bertz CT molecular complexity index is 614. The number of rotatable bonds is 8. The van der Waals surface area contributed by atoms with Crippen LogP contribution in [-0.2, 0) is 8.85 Å². The summed E-state index contributed by atoms with van der Waals surface area (Å²) in [6.45, 7) is 11.8. The second kappa shape index (κ2) is 8.25. The molecule has 2 aromatic carbocycles. The molecule has 0 atom stereocenters. The average molecular weight is 327 g/mol. The molecule has 122 valence electrons. The molecule has 3 heteroatoms. The normalized spacial score (nSPS) is 11.4. The van der Waals surface area contributed by atoms with Crippen LogP contribution >= 0.6 is 0 Å². The third kappa shape index (κ3) is 3.99. The van der Waals surface area contributed by atoms with Crippen LogP contribution in [0.25, 0.3) is 5.57 Å². The molecular weight excluding hydrogens is 300 g/mol. The lowest BCUT2D eigenvalue weighted by Gasteiger charge is -2.29. The predicted octanol–water partition coefficient (Wildman–Crippen LogP) is 4.49. The standard InChI is InChI=1S/C20H26O2Si/c1-5-21-23(7-3,22-6-2)20-15-13-19(14-16-20)17(4)18-11-9-8-10-12-18/h8-16H,4-7H2,1-3H3. The van der Waals surface area contributed by atoms with Crippen molar-refractivity contribution >= 4 is 19.3 Å². The molecule has 0 aliphatic carbocycles. The SMILES string of the molecule is C=C(c1ccccc1)c1ccc([Si](CC)(OCC)OCC)cc1. The van der Waals surface area contributed by atoms with Gasteiger partial charge in [0, 0.05) is 13.2 Å². The van der Waals surface area contributed by atoms with Crippen molar-refractivity contribution in [1.29, 1.82) is 0 Å². The first-order valence-corrected chi connectivity index (χ1v) is 10.3. The molecule has 2 aromatic rings. The lowest BCUT2D eigenvalue weighted by molar-refractivity contribution is 0.197. The molecule has 0 heterocycles. The molecule has 0 fully saturated rings. The van der Waals surface area contributed by atoms with Gasteiger partial charge in [0.25, 0.3) is 0 Å². The number of hydrogen-bond acceptors (Lipinski definition) is 2. The molecule has 23 heavy (non-hydrogen) atoms. The van der Waals surface area contributed by atoms with Gasteiger partial charge in [-0.25, -0.2) is 0 Å². The minimum absolute atomic E-state index is 0.679. The quantitative estimate of drug-likeness (QED) is 0.665. The van der Waals surface area contributed by atoms with Gasteiger partial charge >= 0.3 is 8.56 Å². The molecule has 2 rings (SSSR count). The van der Waals surface area contributed by atoms with Crippen LogP contribution in [0.5, 0.6) is 0 Å². The first kappa shape index (κ1) is 17.7. The Labute approximate surface area is 141 Å². The molecular formula is C20H26O2Si. The molecule has 0 amide bonds. The minimum atomic E-state index is -2.31. The monoisotopic (exact) mass is 326 g/mol. The van der Waals surface area contributed by atoms with Crippen LogP contribution in [0.3, 0.4) is 0 Å². The van der Waals surface area contributed by atoms with Gasteiger partial charge in [-0.05, 0) is 41.8 Å². The van der Waals surface area contributed by atoms with Crippen LogP contribution in [0.2, 0.25) is 6.04 Å². The van der Waals surface area contributed by atoms with Crippen molar-refractivity contribution in [3.8, 4) is 0 Å². The third-order valence-corrected chi connectivity index (χ3v) is 7.67. The Morgan fingerprint density at radius 1 is 0.826 bits per heavy atom. The Morgan fingerprint density at radius 2 is 1.35 bits per heavy atom. The maximum atomic E-state index is 6.08. The van der Waals surface area contributed by atoms with E-state index >= 15 is 0 Å². The predicted molar refractivity (Wildman–Crippen MR) is 100 cm³/mol. The fourth-order valence-electron chi connectivity index (χ4n) is 2.81. The summed E-state index contributed by atoms with van der Waals surface area (Å²) >= 11 is 0. The van der Waals surface area contributed by atoms with Gasteiger partial charge in [0.05, 0.1) is 0 Å². The van der Waals surface area contributed by atoms with Gasteiger partial charge in [0.15, 0.2) is 0 Å². The van der Waals surface area contributed by atoms with E-state index in [2.05, 4.69) is 49.9 Å². The molecule has 0 saturated carbocycles. The van der Waals surface area contributed by atoms with Gasteiger partial charge in [-0.2, -0.15) is 0 Å². The Hall–Kier alpha value is -1.68. The summed E-state index contributed by atoms with van der Waals surface area (Å²) in [6, 6.07) is 19.7. The zero-order valence-electron chi connectivity index (χ0n) is 14.3. The summed E-state index contributed by atoms with van der Waals surface area (Å²) in [7, 11) is -2.31. The Balaban J connectivity index is 2.29. The zero-order chi connectivity index (χ0) is 16.7. The topological polar surface area (TPSA) is 18.5 Å². The van der Waals surface area contributed by atoms with Crippen molar-refractivity contribution in [1.82, 2.24) is 0 Å². The number of benzene rings is 2. The number of hydrogen-bond donors (Lipinski definition) is 0. The molecule has 0 aliphatic rings. The van der Waals surface area contributed by atoms with E-state index in [1.165, 1.54) is 5.19 Å². The fourth-order valence-corrected chi connectivity index (χ4v) is 5.65. The highest BCUT2D eigenvalue weighted by molar-refractivity contribution is 6.81. The van der Waals surface area contributed by atoms with E-state index in [0.717, 1.165) is 22.7 Å². The molecule has 0 saturated heterocycles. The van der Waals surface area contributed by atoms with Crippen LogP contribution < -0.4 is 5.19 Å². The maximum absolute atomic E-state index is 6.08.